The topological polar surface area (TPSA) is 152 Å². The van der Waals surface area contributed by atoms with E-state index in [9.17, 15) is 22.2 Å². The van der Waals surface area contributed by atoms with Crippen LogP contribution in [0.15, 0.2) is 48.5 Å². The second-order valence-electron chi connectivity index (χ2n) is 8.62. The number of nitrogens with zero attached hydrogens (tertiary/aromatic N) is 1. The van der Waals surface area contributed by atoms with Crippen molar-refractivity contribution in [1.29, 1.82) is 0 Å². The van der Waals surface area contributed by atoms with Gasteiger partial charge in [0, 0.05) is 0 Å². The van der Waals surface area contributed by atoms with Crippen molar-refractivity contribution in [3.05, 3.63) is 54.1 Å². The van der Waals surface area contributed by atoms with Crippen LogP contribution in [-0.2, 0) is 26.7 Å². The predicted molar refractivity (Wildman–Crippen MR) is 148 cm³/mol. The molecule has 0 aliphatic heterocycles. The average molecular weight is 611 g/mol. The van der Waals surface area contributed by atoms with Crippen molar-refractivity contribution in [3.8, 4) is 0 Å². The first-order valence-corrected chi connectivity index (χ1v) is 15.9. The normalized spacial score (nSPS) is 11.9. The van der Waals surface area contributed by atoms with Gasteiger partial charge in [-0.15, -0.1) is 0 Å². The molecule has 0 aliphatic rings. The molecule has 2 aromatic carbocycles. The van der Waals surface area contributed by atoms with E-state index in [1.807, 2.05) is 6.07 Å². The van der Waals surface area contributed by atoms with Gasteiger partial charge < -0.3 is 4.74 Å². The minimum Gasteiger partial charge on any atom is -0.465 e. The number of amides is 2. The minimum absolute atomic E-state index is 0.0449. The smallest absolute Gasteiger partial charge is 0.337 e. The molecule has 2 rings (SSSR count). The molecule has 3 N–H and O–H groups in total. The van der Waals surface area contributed by atoms with Gasteiger partial charge in [-0.1, -0.05) is 31.5 Å². The van der Waals surface area contributed by atoms with Crippen LogP contribution in [0.1, 0.15) is 62.7 Å². The van der Waals surface area contributed by atoms with Crippen LogP contribution in [-0.4, -0.2) is 68.7 Å². The summed E-state index contributed by atoms with van der Waals surface area (Å²) in [5, 5.41) is 11.3. The molecule has 0 bridgehead atoms. The summed E-state index contributed by atoms with van der Waals surface area (Å²) < 4.78 is 35.5. The predicted octanol–water partition coefficient (Wildman–Crippen LogP) is 3.52. The summed E-state index contributed by atoms with van der Waals surface area (Å²) in [7, 11) is 2.79. The Labute approximate surface area is 232 Å². The fourth-order valence-electron chi connectivity index (χ4n) is 3.42. The number of hydrogen-bond acceptors (Lipinski definition) is 8. The Bertz CT molecular complexity index is 1100. The van der Waals surface area contributed by atoms with E-state index < -0.39 is 20.1 Å². The van der Waals surface area contributed by atoms with Crippen LogP contribution in [0.2, 0.25) is 0 Å². The molecule has 0 radical (unpaired) electrons. The van der Waals surface area contributed by atoms with Crippen molar-refractivity contribution in [2.24, 2.45) is 0 Å². The minimum atomic E-state index is -5.25. The van der Waals surface area contributed by atoms with Crippen LogP contribution in [0.3, 0.4) is 0 Å². The fourth-order valence-corrected chi connectivity index (χ4v) is 5.22. The second kappa shape index (κ2) is 18.4. The zero-order valence-electron chi connectivity index (χ0n) is 22.9. The Morgan fingerprint density at radius 2 is 1.64 bits per heavy atom. The molecule has 0 aromatic heterocycles. The molecule has 0 saturated heterocycles. The monoisotopic (exact) mass is 610 g/mol. The first-order valence-electron chi connectivity index (χ1n) is 12.6. The fraction of sp³-hybridized carbons (Fsp3) is 0.444. The van der Waals surface area contributed by atoms with Crippen LogP contribution in [0.5, 0.6) is 0 Å². The molecule has 2 aromatic rings. The zero-order chi connectivity index (χ0) is 29.3. The van der Waals surface area contributed by atoms with Crippen molar-refractivity contribution in [2.75, 3.05) is 37.6 Å². The quantitative estimate of drug-likeness (QED) is 0.0960. The largest absolute Gasteiger partial charge is 0.465 e. The Balaban J connectivity index is 0.000000633. The van der Waals surface area contributed by atoms with E-state index in [2.05, 4.69) is 20.9 Å². The first kappa shape index (κ1) is 34.1. The SMILES string of the molecule is CCCCCCCCOCC(=O)N(C)c1cc(NC(C)=O)ccc1[As](=O)(O)OO.COC(=O)c1ccccc1. The van der Waals surface area contributed by atoms with Gasteiger partial charge >= 0.3 is 167 Å². The number of hydrogen-bond donors (Lipinski definition) is 3. The number of carbonyl (C=O) groups is 3. The summed E-state index contributed by atoms with van der Waals surface area (Å²) in [5.74, 6) is -1.07. The first-order chi connectivity index (χ1) is 18.6. The second-order valence-corrected chi connectivity index (χ2v) is 12.2. The molecule has 0 saturated carbocycles. The maximum atomic E-state index is 12.5. The molecule has 1 atom stereocenters. The van der Waals surface area contributed by atoms with Gasteiger partial charge in [-0.05, 0) is 12.1 Å². The van der Waals surface area contributed by atoms with Crippen molar-refractivity contribution in [1.82, 2.24) is 0 Å². The molecule has 2 amide bonds. The zero-order valence-corrected chi connectivity index (χ0v) is 24.8. The van der Waals surface area contributed by atoms with Crippen LogP contribution < -0.4 is 14.6 Å². The number of rotatable bonds is 14. The van der Waals surface area contributed by atoms with Gasteiger partial charge in [-0.3, -0.25) is 0 Å². The molecule has 0 heterocycles. The number of carbonyl (C=O) groups excluding carboxylic acids is 3. The third-order valence-corrected chi connectivity index (χ3v) is 8.04. The van der Waals surface area contributed by atoms with Crippen molar-refractivity contribution >= 4 is 47.7 Å². The number of ether oxygens (including phenoxy) is 2. The van der Waals surface area contributed by atoms with Gasteiger partial charge in [-0.2, -0.15) is 0 Å². The summed E-state index contributed by atoms with van der Waals surface area (Å²) in [4.78, 5) is 35.7. The van der Waals surface area contributed by atoms with Crippen molar-refractivity contribution in [2.45, 2.75) is 52.4 Å². The average Bonchev–Trinajstić information content (AvgIpc) is 2.93. The number of nitrogens with one attached hydrogen (secondary N) is 1. The molecular weight excluding hydrogens is 571 g/mol. The van der Waals surface area contributed by atoms with E-state index in [1.54, 1.807) is 24.3 Å². The van der Waals surface area contributed by atoms with Crippen LogP contribution in [0.25, 0.3) is 0 Å². The molecule has 216 valence electrons. The van der Waals surface area contributed by atoms with Gasteiger partial charge in [0.2, 0.25) is 0 Å². The third-order valence-electron chi connectivity index (χ3n) is 5.51. The van der Waals surface area contributed by atoms with Crippen LogP contribution in [0.4, 0.5) is 11.4 Å². The van der Waals surface area contributed by atoms with E-state index in [1.165, 1.54) is 58.5 Å². The standard InChI is InChI=1S/C19H31AsN2O7.C8H8O2/c1-4-5-6-7-8-9-12-28-14-19(24)22(3)18-13-16(21-15(2)23)10-11-17(18)20(25,26)29-27;1-10-8(9)7-5-3-2-4-6-7/h10-11,13,27H,4-9,12,14H2,1-3H3,(H,21,23)(H,25,26);2-6H,1H3. The molecule has 0 aliphatic carbocycles. The van der Waals surface area contributed by atoms with Crippen LogP contribution in [0, 0.1) is 0 Å². The summed E-state index contributed by atoms with van der Waals surface area (Å²) in [5.41, 5.74) is 0.964. The number of methoxy groups -OCH3 is 1. The molecule has 12 heteroatoms. The number of anilines is 2. The van der Waals surface area contributed by atoms with E-state index in [0.717, 1.165) is 24.2 Å². The van der Waals surface area contributed by atoms with Gasteiger partial charge in [0.05, 0.1) is 12.7 Å². The molecule has 39 heavy (non-hydrogen) atoms. The summed E-state index contributed by atoms with van der Waals surface area (Å²) >= 11 is -5.25. The number of unbranched alkanes of at least 4 members (excludes halogenated alkanes) is 5. The molecule has 0 fully saturated rings. The number of benzene rings is 2. The maximum absolute atomic E-state index is 12.5. The molecular formula is C27H39AsN2O9. The Morgan fingerprint density at radius 1 is 1.00 bits per heavy atom. The van der Waals surface area contributed by atoms with E-state index >= 15 is 0 Å². The van der Waals surface area contributed by atoms with Gasteiger partial charge in [0.15, 0.2) is 0 Å². The van der Waals surface area contributed by atoms with Gasteiger partial charge in [0.1, 0.15) is 0 Å². The van der Waals surface area contributed by atoms with E-state index in [-0.39, 0.29) is 28.5 Å². The van der Waals surface area contributed by atoms with Crippen molar-refractivity contribution < 1.29 is 40.8 Å². The third kappa shape index (κ3) is 12.6. The molecule has 11 nitrogen and oxygen atoms in total. The van der Waals surface area contributed by atoms with E-state index in [4.69, 9.17) is 9.99 Å². The Hall–Kier alpha value is -2.95. The Kier molecular flexibility index (Phi) is 16.0. The van der Waals surface area contributed by atoms with Crippen molar-refractivity contribution in [3.63, 3.8) is 0 Å². The van der Waals surface area contributed by atoms with Crippen LogP contribution >= 0.6 is 0 Å². The van der Waals surface area contributed by atoms with E-state index in [0.29, 0.717) is 17.9 Å². The number of esters is 1. The molecule has 0 spiro atoms. The van der Waals surface area contributed by atoms with Gasteiger partial charge in [0.25, 0.3) is 0 Å². The summed E-state index contributed by atoms with van der Waals surface area (Å²) in [6.07, 6.45) is 6.64. The van der Waals surface area contributed by atoms with Gasteiger partial charge in [-0.25, -0.2) is 4.79 Å². The summed E-state index contributed by atoms with van der Waals surface area (Å²) in [6, 6.07) is 12.9. The summed E-state index contributed by atoms with van der Waals surface area (Å²) in [6.45, 7) is 3.73. The molecule has 1 unspecified atom stereocenters. The maximum Gasteiger partial charge on any atom is 0.337 e. The number of likely N-dealkylation sites (N-methyl/N-ethyl adjacent to an activating group) is 1. The Morgan fingerprint density at radius 3 is 2.23 bits per heavy atom.